The third-order valence-corrected chi connectivity index (χ3v) is 3.61. The zero-order valence-corrected chi connectivity index (χ0v) is 11.4. The molecule has 1 aliphatic carbocycles. The number of nitrogens with one attached hydrogen (secondary N) is 1. The van der Waals surface area contributed by atoms with Crippen LogP contribution in [0.5, 0.6) is 5.88 Å². The fraction of sp³-hybridized carbons (Fsp3) is 0.538. The van der Waals surface area contributed by atoms with Crippen LogP contribution in [0.2, 0.25) is 0 Å². The maximum Gasteiger partial charge on any atom is 0.435 e. The number of hydrogen-bond donors (Lipinski definition) is 1. The van der Waals surface area contributed by atoms with E-state index in [9.17, 15) is 13.2 Å². The van der Waals surface area contributed by atoms with Gasteiger partial charge in [0, 0.05) is 18.5 Å². The van der Waals surface area contributed by atoms with Crippen molar-refractivity contribution in [3.8, 4) is 5.88 Å². The minimum atomic E-state index is -4.47. The van der Waals surface area contributed by atoms with E-state index in [1.54, 1.807) is 0 Å². The molecule has 1 N–H and O–H groups in total. The lowest BCUT2D eigenvalue weighted by atomic mass is 9.82. The second kappa shape index (κ2) is 5.18. The van der Waals surface area contributed by atoms with Gasteiger partial charge in [0.15, 0.2) is 5.69 Å². The Kier molecular flexibility index (Phi) is 3.48. The summed E-state index contributed by atoms with van der Waals surface area (Å²) in [5.74, 6) is 0.754. The topological polar surface area (TPSA) is 51.5 Å². The van der Waals surface area contributed by atoms with Crippen molar-refractivity contribution in [3.05, 3.63) is 24.2 Å². The Morgan fingerprint density at radius 2 is 2.19 bits per heavy atom. The number of nitrogens with zero attached hydrogens (tertiary/aromatic N) is 3. The summed E-state index contributed by atoms with van der Waals surface area (Å²) < 4.78 is 44.9. The van der Waals surface area contributed by atoms with Gasteiger partial charge < -0.3 is 10.1 Å². The van der Waals surface area contributed by atoms with Gasteiger partial charge in [0.1, 0.15) is 11.6 Å². The normalized spacial score (nSPS) is 22.3. The quantitative estimate of drug-likeness (QED) is 0.940. The number of ether oxygens (including phenoxy) is 1. The highest BCUT2D eigenvalue weighted by Crippen LogP contribution is 2.34. The lowest BCUT2D eigenvalue weighted by Gasteiger charge is -2.34. The van der Waals surface area contributed by atoms with E-state index < -0.39 is 11.9 Å². The lowest BCUT2D eigenvalue weighted by Crippen LogP contribution is -2.38. The number of halogens is 3. The van der Waals surface area contributed by atoms with Gasteiger partial charge in [-0.15, -0.1) is 0 Å². The van der Waals surface area contributed by atoms with Gasteiger partial charge in [-0.3, -0.25) is 0 Å². The van der Waals surface area contributed by atoms with Gasteiger partial charge in [0.05, 0.1) is 0 Å². The second-order valence-electron chi connectivity index (χ2n) is 5.22. The van der Waals surface area contributed by atoms with Crippen molar-refractivity contribution >= 4 is 5.52 Å². The van der Waals surface area contributed by atoms with E-state index in [1.807, 2.05) is 7.05 Å². The maximum atomic E-state index is 12.7. The number of aromatic nitrogens is 3. The summed E-state index contributed by atoms with van der Waals surface area (Å²) >= 11 is 0. The van der Waals surface area contributed by atoms with Crippen LogP contribution in [-0.4, -0.2) is 34.3 Å². The average Bonchev–Trinajstić information content (AvgIpc) is 2.81. The minimum Gasteiger partial charge on any atom is -0.473 e. The summed E-state index contributed by atoms with van der Waals surface area (Å²) in [5, 5.41) is 6.60. The standard InChI is InChI=1S/C13H15F3N4O/c1-17-7-8-4-9(5-8)21-12-10-6-11(13(14,15)16)19-20(10)3-2-18-12/h2-3,6,8-9,17H,4-5,7H2,1H3. The highest BCUT2D eigenvalue weighted by molar-refractivity contribution is 5.57. The van der Waals surface area contributed by atoms with Crippen LogP contribution >= 0.6 is 0 Å². The summed E-state index contributed by atoms with van der Waals surface area (Å²) in [6.07, 6.45) is 0.0540. The van der Waals surface area contributed by atoms with Crippen molar-refractivity contribution in [2.24, 2.45) is 5.92 Å². The molecule has 0 aromatic carbocycles. The largest absolute Gasteiger partial charge is 0.473 e. The molecule has 0 spiro atoms. The molecule has 2 aromatic heterocycles. The first-order valence-electron chi connectivity index (χ1n) is 6.70. The summed E-state index contributed by atoms with van der Waals surface area (Å²) in [7, 11) is 1.89. The van der Waals surface area contributed by atoms with Gasteiger partial charge in [0.25, 0.3) is 0 Å². The first-order valence-corrected chi connectivity index (χ1v) is 6.70. The van der Waals surface area contributed by atoms with Crippen molar-refractivity contribution in [2.75, 3.05) is 13.6 Å². The van der Waals surface area contributed by atoms with Crippen LogP contribution < -0.4 is 10.1 Å². The molecule has 0 aliphatic heterocycles. The molecule has 21 heavy (non-hydrogen) atoms. The van der Waals surface area contributed by atoms with Crippen molar-refractivity contribution in [1.29, 1.82) is 0 Å². The summed E-state index contributed by atoms with van der Waals surface area (Å²) in [6, 6.07) is 0.964. The molecule has 8 heteroatoms. The first-order chi connectivity index (χ1) is 9.97. The molecule has 114 valence electrons. The van der Waals surface area contributed by atoms with Gasteiger partial charge in [-0.1, -0.05) is 0 Å². The molecule has 0 atom stereocenters. The zero-order valence-electron chi connectivity index (χ0n) is 11.4. The predicted molar refractivity (Wildman–Crippen MR) is 69.1 cm³/mol. The summed E-state index contributed by atoms with van der Waals surface area (Å²) in [5.41, 5.74) is -0.705. The molecule has 0 unspecified atom stereocenters. The molecule has 1 aliphatic rings. The predicted octanol–water partition coefficient (Wildman–Crippen LogP) is 2.12. The molecule has 3 rings (SSSR count). The highest BCUT2D eigenvalue weighted by Gasteiger charge is 2.35. The third-order valence-electron chi connectivity index (χ3n) is 3.61. The smallest absolute Gasteiger partial charge is 0.435 e. The Hall–Kier alpha value is -1.83. The Bertz CT molecular complexity index is 634. The number of fused-ring (bicyclic) bond motifs is 1. The van der Waals surface area contributed by atoms with Gasteiger partial charge in [-0.25, -0.2) is 9.50 Å². The van der Waals surface area contributed by atoms with E-state index in [2.05, 4.69) is 15.4 Å². The fourth-order valence-electron chi connectivity index (χ4n) is 2.51. The number of rotatable bonds is 4. The van der Waals surface area contributed by atoms with E-state index in [1.165, 1.54) is 12.4 Å². The Morgan fingerprint density at radius 3 is 2.86 bits per heavy atom. The Labute approximate surface area is 119 Å². The summed E-state index contributed by atoms with van der Waals surface area (Å²) in [4.78, 5) is 4.03. The third kappa shape index (κ3) is 2.80. The molecular formula is C13H15F3N4O. The van der Waals surface area contributed by atoms with Gasteiger partial charge >= 0.3 is 6.18 Å². The first kappa shape index (κ1) is 14.1. The molecular weight excluding hydrogens is 285 g/mol. The van der Waals surface area contributed by atoms with E-state index in [0.29, 0.717) is 5.92 Å². The molecule has 0 saturated heterocycles. The minimum absolute atomic E-state index is 0.00582. The van der Waals surface area contributed by atoms with Crippen molar-refractivity contribution in [2.45, 2.75) is 25.1 Å². The second-order valence-corrected chi connectivity index (χ2v) is 5.22. The molecule has 0 bridgehead atoms. The van der Waals surface area contributed by atoms with Crippen LogP contribution in [0.3, 0.4) is 0 Å². The van der Waals surface area contributed by atoms with Crippen LogP contribution in [0.15, 0.2) is 18.5 Å². The monoisotopic (exact) mass is 300 g/mol. The number of hydrogen-bond acceptors (Lipinski definition) is 4. The highest BCUT2D eigenvalue weighted by atomic mass is 19.4. The van der Waals surface area contributed by atoms with E-state index in [4.69, 9.17) is 4.74 Å². The van der Waals surface area contributed by atoms with Crippen LogP contribution in [0.4, 0.5) is 13.2 Å². The van der Waals surface area contributed by atoms with E-state index in [0.717, 1.165) is 30.0 Å². The molecule has 2 aromatic rings. The van der Waals surface area contributed by atoms with Gasteiger partial charge in [-0.2, -0.15) is 18.3 Å². The molecule has 1 fully saturated rings. The average molecular weight is 300 g/mol. The van der Waals surface area contributed by atoms with Gasteiger partial charge in [0.2, 0.25) is 5.88 Å². The fourth-order valence-corrected chi connectivity index (χ4v) is 2.51. The molecule has 5 nitrogen and oxygen atoms in total. The van der Waals surface area contributed by atoms with Crippen molar-refractivity contribution in [1.82, 2.24) is 19.9 Å². The Balaban J connectivity index is 1.78. The van der Waals surface area contributed by atoms with Crippen LogP contribution in [0, 0.1) is 5.92 Å². The number of alkyl halides is 3. The van der Waals surface area contributed by atoms with Crippen molar-refractivity contribution in [3.63, 3.8) is 0 Å². The lowest BCUT2D eigenvalue weighted by molar-refractivity contribution is -0.141. The Morgan fingerprint density at radius 1 is 1.43 bits per heavy atom. The molecule has 0 radical (unpaired) electrons. The van der Waals surface area contributed by atoms with Gasteiger partial charge in [-0.05, 0) is 32.4 Å². The van der Waals surface area contributed by atoms with Crippen LogP contribution in [0.1, 0.15) is 18.5 Å². The van der Waals surface area contributed by atoms with E-state index in [-0.39, 0.29) is 17.5 Å². The maximum absolute atomic E-state index is 12.7. The molecule has 2 heterocycles. The summed E-state index contributed by atoms with van der Waals surface area (Å²) in [6.45, 7) is 0.919. The van der Waals surface area contributed by atoms with Crippen LogP contribution in [0.25, 0.3) is 5.52 Å². The van der Waals surface area contributed by atoms with E-state index >= 15 is 0 Å². The van der Waals surface area contributed by atoms with Crippen LogP contribution in [-0.2, 0) is 6.18 Å². The van der Waals surface area contributed by atoms with Crippen molar-refractivity contribution < 1.29 is 17.9 Å². The SMILES string of the molecule is CNCC1CC(Oc2nccn3nc(C(F)(F)F)cc23)C1. The zero-order chi connectivity index (χ0) is 15.0. The molecule has 0 amide bonds. The molecule has 1 saturated carbocycles.